The third kappa shape index (κ3) is 2.76. The number of rotatable bonds is 1. The fraction of sp³-hybridized carbons (Fsp3) is 1.00. The summed E-state index contributed by atoms with van der Waals surface area (Å²) in [5.41, 5.74) is 0. The maximum absolute atomic E-state index is 5.20. The average molecular weight is 164 g/mol. The van der Waals surface area contributed by atoms with E-state index < -0.39 is 0 Å². The standard InChI is InChI=1S/C2H5.H2N.Sn/c1-2;;/h1H2,2H3;1H2;/q;-1;+1. The number of nitrogens with two attached hydrogens (primary N) is 1. The molecule has 0 aliphatic rings. The first kappa shape index (κ1) is 4.76. The van der Waals surface area contributed by atoms with Gasteiger partial charge >= 0.3 is 36.7 Å². The van der Waals surface area contributed by atoms with Crippen LogP contribution < -0.4 is 3.96 Å². The predicted molar refractivity (Wildman–Crippen MR) is 20.4 cm³/mol. The Hall–Kier alpha value is 0.759. The molecule has 0 aliphatic carbocycles. The quantitative estimate of drug-likeness (QED) is 0.542. The molecule has 1 nitrogen and oxygen atoms in total. The van der Waals surface area contributed by atoms with Crippen LogP contribution in [0.5, 0.6) is 0 Å². The molecule has 2 heteroatoms. The average Bonchev–Trinajstić information content (AvgIpc) is 1.37. The van der Waals surface area contributed by atoms with Gasteiger partial charge in [0.25, 0.3) is 0 Å². The molecular formula is C2H7NSn. The van der Waals surface area contributed by atoms with Crippen LogP contribution in [0.3, 0.4) is 0 Å². The van der Waals surface area contributed by atoms with E-state index in [9.17, 15) is 0 Å². The molecule has 0 saturated carbocycles. The van der Waals surface area contributed by atoms with Crippen LogP contribution in [0, 0.1) is 0 Å². The Morgan fingerprint density at radius 3 is 2.25 bits per heavy atom. The third-order valence-corrected chi connectivity index (χ3v) is 1.37. The zero-order valence-electron chi connectivity index (χ0n) is 2.78. The minimum absolute atomic E-state index is 0.276. The predicted octanol–water partition coefficient (Wildman–Crippen LogP) is 0.00250. The van der Waals surface area contributed by atoms with Gasteiger partial charge in [-0.05, 0) is 0 Å². The van der Waals surface area contributed by atoms with E-state index in [1.807, 2.05) is 0 Å². The molecule has 0 amide bonds. The number of hydrogen-bond acceptors (Lipinski definition) is 1. The summed E-state index contributed by atoms with van der Waals surface area (Å²) in [6.07, 6.45) is 0. The Morgan fingerprint density at radius 1 is 2.00 bits per heavy atom. The van der Waals surface area contributed by atoms with Crippen molar-refractivity contribution in [1.29, 1.82) is 0 Å². The monoisotopic (exact) mass is 165 g/mol. The Morgan fingerprint density at radius 2 is 2.25 bits per heavy atom. The van der Waals surface area contributed by atoms with Crippen molar-refractivity contribution in [2.45, 2.75) is 11.4 Å². The van der Waals surface area contributed by atoms with Crippen molar-refractivity contribution in [3.8, 4) is 0 Å². The van der Waals surface area contributed by atoms with Crippen LogP contribution in [0.15, 0.2) is 0 Å². The van der Waals surface area contributed by atoms with Crippen molar-refractivity contribution < 1.29 is 0 Å². The van der Waals surface area contributed by atoms with Crippen molar-refractivity contribution in [3.63, 3.8) is 0 Å². The zero-order chi connectivity index (χ0) is 3.41. The molecule has 0 atom stereocenters. The Labute approximate surface area is 37.1 Å². The third-order valence-electron chi connectivity index (χ3n) is 0.204. The summed E-state index contributed by atoms with van der Waals surface area (Å²) < 4.78 is 6.46. The van der Waals surface area contributed by atoms with E-state index in [2.05, 4.69) is 6.92 Å². The summed E-state index contributed by atoms with van der Waals surface area (Å²) in [7, 11) is 0. The summed E-state index contributed by atoms with van der Waals surface area (Å²) in [6, 6.07) is 0. The molecular weight excluding hydrogens is 157 g/mol. The van der Waals surface area contributed by atoms with Gasteiger partial charge in [0.05, 0.1) is 0 Å². The van der Waals surface area contributed by atoms with Crippen molar-refractivity contribution in [2.75, 3.05) is 0 Å². The molecule has 0 bridgehead atoms. The Bertz CT molecular complexity index is 8.00. The molecule has 0 saturated heterocycles. The van der Waals surface area contributed by atoms with E-state index in [0.717, 1.165) is 0 Å². The van der Waals surface area contributed by atoms with Crippen molar-refractivity contribution in [3.05, 3.63) is 0 Å². The second-order valence-corrected chi connectivity index (χ2v) is 3.74. The van der Waals surface area contributed by atoms with Gasteiger partial charge in [-0.25, -0.2) is 0 Å². The van der Waals surface area contributed by atoms with Crippen LogP contribution in [0.25, 0.3) is 0 Å². The zero-order valence-corrected chi connectivity index (χ0v) is 5.64. The van der Waals surface area contributed by atoms with E-state index in [1.165, 1.54) is 4.44 Å². The van der Waals surface area contributed by atoms with Gasteiger partial charge in [0, 0.05) is 0 Å². The van der Waals surface area contributed by atoms with E-state index >= 15 is 0 Å². The molecule has 0 unspecified atom stereocenters. The van der Waals surface area contributed by atoms with Gasteiger partial charge in [0.15, 0.2) is 0 Å². The molecule has 4 heavy (non-hydrogen) atoms. The molecule has 0 rings (SSSR count). The number of hydrogen-bond donors (Lipinski definition) is 1. The van der Waals surface area contributed by atoms with Gasteiger partial charge in [-0.3, -0.25) is 0 Å². The van der Waals surface area contributed by atoms with Crippen LogP contribution in [0.4, 0.5) is 0 Å². The SMILES string of the molecule is C[CH2][Sn][NH2]. The van der Waals surface area contributed by atoms with Crippen molar-refractivity contribution >= 4 is 21.4 Å². The van der Waals surface area contributed by atoms with E-state index in [4.69, 9.17) is 3.96 Å². The summed E-state index contributed by atoms with van der Waals surface area (Å²) in [4.78, 5) is 0. The van der Waals surface area contributed by atoms with Gasteiger partial charge in [-0.2, -0.15) is 0 Å². The fourth-order valence-electron chi connectivity index (χ4n) is 0. The molecule has 0 aromatic rings. The van der Waals surface area contributed by atoms with Crippen LogP contribution in [0.2, 0.25) is 4.44 Å². The van der Waals surface area contributed by atoms with E-state index in [-0.39, 0.29) is 21.4 Å². The molecule has 2 N–H and O–H groups in total. The Kier molecular flexibility index (Phi) is 4.47. The normalized spacial score (nSPS) is 7.50. The van der Waals surface area contributed by atoms with Crippen LogP contribution in [-0.4, -0.2) is 21.4 Å². The molecule has 24 valence electrons. The molecule has 2 radical (unpaired) electrons. The van der Waals surface area contributed by atoms with Crippen LogP contribution in [-0.2, 0) is 0 Å². The van der Waals surface area contributed by atoms with Gasteiger partial charge in [-0.1, -0.05) is 0 Å². The van der Waals surface area contributed by atoms with Gasteiger partial charge in [-0.15, -0.1) is 0 Å². The van der Waals surface area contributed by atoms with Gasteiger partial charge in [0.1, 0.15) is 0 Å². The molecule has 0 aromatic heterocycles. The molecule has 0 aromatic carbocycles. The fourth-order valence-corrected chi connectivity index (χ4v) is 0. The molecule has 0 heterocycles. The summed E-state index contributed by atoms with van der Waals surface area (Å²) in [5.74, 6) is 0. The van der Waals surface area contributed by atoms with Crippen LogP contribution in [0.1, 0.15) is 6.92 Å². The summed E-state index contributed by atoms with van der Waals surface area (Å²) in [6.45, 7) is 2.13. The minimum atomic E-state index is -0.276. The molecule has 0 aliphatic heterocycles. The molecule has 0 spiro atoms. The van der Waals surface area contributed by atoms with Gasteiger partial charge < -0.3 is 0 Å². The summed E-state index contributed by atoms with van der Waals surface area (Å²) >= 11 is -0.276. The second-order valence-electron chi connectivity index (χ2n) is 0.558. The second kappa shape index (κ2) is 3.76. The Balaban J connectivity index is 1.97. The van der Waals surface area contributed by atoms with E-state index in [1.54, 1.807) is 0 Å². The topological polar surface area (TPSA) is 26.0 Å². The maximum atomic E-state index is 5.20. The first-order chi connectivity index (χ1) is 1.91. The first-order valence-corrected chi connectivity index (χ1v) is 5.02. The van der Waals surface area contributed by atoms with Gasteiger partial charge in [0.2, 0.25) is 0 Å². The van der Waals surface area contributed by atoms with E-state index in [0.29, 0.717) is 0 Å². The first-order valence-electron chi connectivity index (χ1n) is 1.35. The molecule has 0 fully saturated rings. The van der Waals surface area contributed by atoms with Crippen molar-refractivity contribution in [1.82, 2.24) is 0 Å². The van der Waals surface area contributed by atoms with Crippen molar-refractivity contribution in [2.24, 2.45) is 3.96 Å². The summed E-state index contributed by atoms with van der Waals surface area (Å²) in [5, 5.41) is 0. The van der Waals surface area contributed by atoms with Crippen LogP contribution >= 0.6 is 0 Å².